The third kappa shape index (κ3) is 3.96. The maximum absolute atomic E-state index is 5.01. The van der Waals surface area contributed by atoms with Crippen molar-refractivity contribution in [3.8, 4) is 0 Å². The molecule has 0 saturated carbocycles. The summed E-state index contributed by atoms with van der Waals surface area (Å²) in [6.07, 6.45) is 2.11. The fourth-order valence-electron chi connectivity index (χ4n) is 3.04. The molecule has 0 bridgehead atoms. The predicted molar refractivity (Wildman–Crippen MR) is 124 cm³/mol. The number of benzene rings is 3. The first kappa shape index (κ1) is 18.7. The summed E-state index contributed by atoms with van der Waals surface area (Å²) >= 11 is 11.0. The topological polar surface area (TPSA) is 15.6 Å². The van der Waals surface area contributed by atoms with Crippen molar-refractivity contribution in [3.05, 3.63) is 104 Å². The van der Waals surface area contributed by atoms with E-state index in [2.05, 4.69) is 95.3 Å². The van der Waals surface area contributed by atoms with Crippen LogP contribution >= 0.6 is 47.8 Å². The van der Waals surface area contributed by atoms with E-state index in [9.17, 15) is 0 Å². The number of para-hydroxylation sites is 1. The minimum Gasteiger partial charge on any atom is -0.339 e. The summed E-state index contributed by atoms with van der Waals surface area (Å²) in [5, 5.41) is 0. The molecule has 0 amide bonds. The van der Waals surface area contributed by atoms with Gasteiger partial charge in [0.1, 0.15) is 0 Å². The number of anilines is 1. The van der Waals surface area contributed by atoms with Gasteiger partial charge in [0, 0.05) is 30.7 Å². The van der Waals surface area contributed by atoms with E-state index in [1.807, 2.05) is 36.4 Å². The fourth-order valence-corrected chi connectivity index (χ4v) is 4.56. The Morgan fingerprint density at radius 1 is 0.667 bits per heavy atom. The Morgan fingerprint density at radius 2 is 1.22 bits per heavy atom. The van der Waals surface area contributed by atoms with Gasteiger partial charge in [-0.3, -0.25) is 0 Å². The van der Waals surface area contributed by atoms with Gasteiger partial charge in [0.2, 0.25) is 0 Å². The molecule has 3 aromatic carbocycles. The van der Waals surface area contributed by atoms with E-state index < -0.39 is 0 Å². The number of hydrogen-bond donors (Lipinski definition) is 0. The molecule has 0 aliphatic carbocycles. The summed E-state index contributed by atoms with van der Waals surface area (Å²) in [4.78, 5) is 7.25. The van der Waals surface area contributed by atoms with Crippen LogP contribution in [-0.2, 0) is 0 Å². The fraction of sp³-hybridized carbons (Fsp3) is 0.0455. The molecule has 0 saturated heterocycles. The van der Waals surface area contributed by atoms with Crippen LogP contribution < -0.4 is 4.90 Å². The van der Waals surface area contributed by atoms with Gasteiger partial charge < -0.3 is 4.90 Å². The summed E-state index contributed by atoms with van der Waals surface area (Å²) in [7, 11) is 0. The maximum atomic E-state index is 5.01. The van der Waals surface area contributed by atoms with Crippen LogP contribution in [0.25, 0.3) is 5.70 Å². The van der Waals surface area contributed by atoms with E-state index in [4.69, 9.17) is 4.99 Å². The van der Waals surface area contributed by atoms with Crippen molar-refractivity contribution in [2.24, 2.45) is 4.99 Å². The van der Waals surface area contributed by atoms with Crippen LogP contribution in [0.15, 0.2) is 97.4 Å². The van der Waals surface area contributed by atoms with Crippen LogP contribution in [-0.4, -0.2) is 12.3 Å². The lowest BCUT2D eigenvalue weighted by molar-refractivity contribution is 1.09. The molecule has 27 heavy (non-hydrogen) atoms. The molecule has 1 aliphatic heterocycles. The van der Waals surface area contributed by atoms with Crippen molar-refractivity contribution >= 4 is 64.9 Å². The minimum absolute atomic E-state index is 0.694. The second-order valence-electron chi connectivity index (χ2n) is 6.11. The first-order valence-corrected chi connectivity index (χ1v) is 10.8. The van der Waals surface area contributed by atoms with Gasteiger partial charge in [-0.05, 0) is 40.2 Å². The van der Waals surface area contributed by atoms with Gasteiger partial charge in [-0.25, -0.2) is 4.99 Å². The van der Waals surface area contributed by atoms with E-state index in [1.165, 1.54) is 0 Å². The Bertz CT molecular complexity index is 1060. The maximum Gasteiger partial charge on any atom is 0.0879 e. The van der Waals surface area contributed by atoms with E-state index in [0.717, 1.165) is 41.6 Å². The van der Waals surface area contributed by atoms with E-state index >= 15 is 0 Å². The molecule has 0 fully saturated rings. The molecular weight excluding hydrogens is 532 g/mol. The Labute approximate surface area is 184 Å². The highest BCUT2D eigenvalue weighted by Crippen LogP contribution is 2.34. The molecule has 4 rings (SSSR count). The monoisotopic (exact) mass is 544 g/mol. The van der Waals surface area contributed by atoms with Crippen molar-refractivity contribution in [2.75, 3.05) is 11.4 Å². The van der Waals surface area contributed by atoms with Crippen molar-refractivity contribution in [1.82, 2.24) is 0 Å². The first-order valence-electron chi connectivity index (χ1n) is 8.44. The number of nitrogens with zero attached hydrogens (tertiary/aromatic N) is 2. The smallest absolute Gasteiger partial charge is 0.0879 e. The molecule has 0 N–H and O–H groups in total. The average Bonchev–Trinajstić information content (AvgIpc) is 2.69. The van der Waals surface area contributed by atoms with Crippen LogP contribution in [0.5, 0.6) is 0 Å². The summed E-state index contributed by atoms with van der Waals surface area (Å²) in [5.74, 6) is 0. The van der Waals surface area contributed by atoms with Crippen molar-refractivity contribution in [1.29, 1.82) is 0 Å². The number of hydrogen-bond acceptors (Lipinski definition) is 2. The minimum atomic E-state index is 0.694. The Hall–Kier alpha value is -1.69. The van der Waals surface area contributed by atoms with Crippen molar-refractivity contribution < 1.29 is 0 Å². The second-order valence-corrected chi connectivity index (χ2v) is 8.67. The molecule has 0 atom stereocenters. The van der Waals surface area contributed by atoms with Crippen LogP contribution in [0, 0.1) is 0 Å². The SMILES string of the molecule is Brc1ccccc1C1=CN(c2ccccc2Br)CC(c2ccccc2Br)=N1. The zero-order valence-corrected chi connectivity index (χ0v) is 19.0. The van der Waals surface area contributed by atoms with Gasteiger partial charge in [-0.2, -0.15) is 0 Å². The molecule has 0 aromatic heterocycles. The van der Waals surface area contributed by atoms with Crippen LogP contribution in [0.4, 0.5) is 5.69 Å². The molecule has 5 heteroatoms. The zero-order chi connectivity index (χ0) is 18.8. The highest BCUT2D eigenvalue weighted by atomic mass is 79.9. The van der Waals surface area contributed by atoms with Gasteiger partial charge in [0.25, 0.3) is 0 Å². The zero-order valence-electron chi connectivity index (χ0n) is 14.2. The molecule has 1 heterocycles. The van der Waals surface area contributed by atoms with Gasteiger partial charge >= 0.3 is 0 Å². The van der Waals surface area contributed by atoms with Crippen LogP contribution in [0.3, 0.4) is 0 Å². The molecule has 3 aromatic rings. The predicted octanol–water partition coefficient (Wildman–Crippen LogP) is 7.28. The second kappa shape index (κ2) is 8.13. The van der Waals surface area contributed by atoms with E-state index in [1.54, 1.807) is 0 Å². The summed E-state index contributed by atoms with van der Waals surface area (Å²) < 4.78 is 3.13. The largest absolute Gasteiger partial charge is 0.339 e. The van der Waals surface area contributed by atoms with Gasteiger partial charge in [-0.15, -0.1) is 0 Å². The number of halogens is 3. The normalized spacial score (nSPS) is 14.0. The quantitative estimate of drug-likeness (QED) is 0.337. The molecule has 0 unspecified atom stereocenters. The van der Waals surface area contributed by atoms with Crippen molar-refractivity contribution in [3.63, 3.8) is 0 Å². The van der Waals surface area contributed by atoms with Crippen LogP contribution in [0.2, 0.25) is 0 Å². The molecule has 134 valence electrons. The van der Waals surface area contributed by atoms with E-state index in [-0.39, 0.29) is 0 Å². The highest BCUT2D eigenvalue weighted by Gasteiger charge is 2.21. The number of aliphatic imine (C=N–C) groups is 1. The van der Waals surface area contributed by atoms with Gasteiger partial charge in [-0.1, -0.05) is 80.4 Å². The molecule has 2 nitrogen and oxygen atoms in total. The summed E-state index contributed by atoms with van der Waals surface area (Å²) in [6, 6.07) is 24.6. The van der Waals surface area contributed by atoms with E-state index in [0.29, 0.717) is 6.54 Å². The molecule has 1 aliphatic rings. The number of rotatable bonds is 3. The third-order valence-electron chi connectivity index (χ3n) is 4.35. The summed E-state index contributed by atoms with van der Waals surface area (Å²) in [6.45, 7) is 0.694. The molecular formula is C22H15Br3N2. The lowest BCUT2D eigenvalue weighted by Crippen LogP contribution is -2.29. The summed E-state index contributed by atoms with van der Waals surface area (Å²) in [5.41, 5.74) is 5.23. The van der Waals surface area contributed by atoms with Gasteiger partial charge in [0.05, 0.1) is 23.6 Å². The Morgan fingerprint density at radius 3 is 1.85 bits per heavy atom. The highest BCUT2D eigenvalue weighted by molar-refractivity contribution is 9.11. The Kier molecular flexibility index (Phi) is 5.62. The van der Waals surface area contributed by atoms with Gasteiger partial charge in [0.15, 0.2) is 0 Å². The lowest BCUT2D eigenvalue weighted by Gasteiger charge is -2.28. The molecule has 0 spiro atoms. The third-order valence-corrected chi connectivity index (χ3v) is 6.40. The average molecular weight is 547 g/mol. The van der Waals surface area contributed by atoms with Crippen molar-refractivity contribution in [2.45, 2.75) is 0 Å². The molecule has 0 radical (unpaired) electrons. The first-order chi connectivity index (χ1) is 13.1. The Balaban J connectivity index is 1.86. The standard InChI is InChI=1S/C22H15Br3N2/c23-17-9-3-1-7-15(17)20-13-27(22-12-6-5-11-19(22)25)14-21(26-20)16-8-2-4-10-18(16)24/h1-13H,14H2. The van der Waals surface area contributed by atoms with Crippen LogP contribution in [0.1, 0.15) is 11.1 Å². The lowest BCUT2D eigenvalue weighted by atomic mass is 10.1.